The fourth-order valence-electron chi connectivity index (χ4n) is 1.68. The maximum Gasteiger partial charge on any atom is 0.135 e. The van der Waals surface area contributed by atoms with Crippen molar-refractivity contribution in [2.24, 2.45) is 5.73 Å². The summed E-state index contributed by atoms with van der Waals surface area (Å²) in [5, 5.41) is 1.11. The second kappa shape index (κ2) is 3.65. The minimum atomic E-state index is -0.177. The molecule has 0 aliphatic carbocycles. The third kappa shape index (κ3) is 2.41. The van der Waals surface area contributed by atoms with Crippen molar-refractivity contribution in [1.82, 2.24) is 0 Å². The van der Waals surface area contributed by atoms with Crippen LogP contribution in [0.3, 0.4) is 0 Å². The Bertz CT molecular complexity index is 482. The van der Waals surface area contributed by atoms with E-state index in [9.17, 15) is 0 Å². The topological polar surface area (TPSA) is 39.2 Å². The minimum Gasteiger partial charge on any atom is -0.463 e. The Hall–Kier alpha value is -0.800. The maximum absolute atomic E-state index is 5.99. The zero-order valence-corrected chi connectivity index (χ0v) is 10.5. The molecule has 0 spiro atoms. The van der Waals surface area contributed by atoms with Crippen LogP contribution in [0.15, 0.2) is 33.4 Å². The van der Waals surface area contributed by atoms with Crippen LogP contribution in [0.4, 0.5) is 0 Å². The number of furan rings is 1. The second-order valence-corrected chi connectivity index (χ2v) is 5.43. The van der Waals surface area contributed by atoms with Gasteiger partial charge >= 0.3 is 0 Å². The van der Waals surface area contributed by atoms with Gasteiger partial charge in [0.2, 0.25) is 0 Å². The van der Waals surface area contributed by atoms with Crippen LogP contribution in [-0.2, 0) is 6.42 Å². The molecule has 2 N–H and O–H groups in total. The third-order valence-corrected chi connectivity index (χ3v) is 2.86. The summed E-state index contributed by atoms with van der Waals surface area (Å²) in [7, 11) is 0. The van der Waals surface area contributed by atoms with Gasteiger partial charge in [0.1, 0.15) is 11.8 Å². The lowest BCUT2D eigenvalue weighted by atomic mass is 9.96. The molecule has 0 radical (unpaired) electrons. The Morgan fingerprint density at radius 3 is 2.80 bits per heavy atom. The summed E-state index contributed by atoms with van der Waals surface area (Å²) >= 11 is 3.46. The molecule has 80 valence electrons. The van der Waals surface area contributed by atoms with Crippen LogP contribution in [-0.4, -0.2) is 5.54 Å². The van der Waals surface area contributed by atoms with Gasteiger partial charge in [-0.15, -0.1) is 0 Å². The van der Waals surface area contributed by atoms with Crippen molar-refractivity contribution < 1.29 is 4.42 Å². The van der Waals surface area contributed by atoms with Gasteiger partial charge in [0, 0.05) is 10.9 Å². The number of rotatable bonds is 2. The molecule has 0 atom stereocenters. The lowest BCUT2D eigenvalue weighted by molar-refractivity contribution is 0.517. The van der Waals surface area contributed by atoms with E-state index < -0.39 is 0 Å². The first-order chi connectivity index (χ1) is 6.96. The van der Waals surface area contributed by atoms with Gasteiger partial charge < -0.3 is 10.2 Å². The predicted octanol–water partition coefficient (Wildman–Crippen LogP) is 3.48. The molecule has 0 fully saturated rings. The molecular weight excluding hydrogens is 254 g/mol. The third-order valence-electron chi connectivity index (χ3n) is 2.25. The molecule has 2 rings (SSSR count). The fraction of sp³-hybridized carbons (Fsp3) is 0.333. The van der Waals surface area contributed by atoms with Gasteiger partial charge in [0.25, 0.3) is 0 Å². The molecule has 0 amide bonds. The zero-order chi connectivity index (χ0) is 11.1. The van der Waals surface area contributed by atoms with Crippen molar-refractivity contribution in [3.05, 3.63) is 34.5 Å². The molecule has 1 heterocycles. The van der Waals surface area contributed by atoms with Gasteiger partial charge in [-0.3, -0.25) is 0 Å². The molecule has 0 aliphatic rings. The highest BCUT2D eigenvalue weighted by Crippen LogP contribution is 2.27. The quantitative estimate of drug-likeness (QED) is 0.905. The average molecular weight is 268 g/mol. The number of halogens is 1. The predicted molar refractivity (Wildman–Crippen MR) is 65.9 cm³/mol. The molecular formula is C12H14BrNO. The van der Waals surface area contributed by atoms with E-state index in [1.165, 1.54) is 5.56 Å². The van der Waals surface area contributed by atoms with Crippen molar-refractivity contribution in [3.8, 4) is 0 Å². The largest absolute Gasteiger partial charge is 0.463 e. The average Bonchev–Trinajstić information content (AvgIpc) is 2.45. The van der Waals surface area contributed by atoms with Crippen LogP contribution < -0.4 is 5.73 Å². The number of benzene rings is 1. The van der Waals surface area contributed by atoms with E-state index in [-0.39, 0.29) is 5.54 Å². The fourth-order valence-corrected chi connectivity index (χ4v) is 2.08. The first kappa shape index (κ1) is 10.7. The van der Waals surface area contributed by atoms with Crippen molar-refractivity contribution in [1.29, 1.82) is 0 Å². The van der Waals surface area contributed by atoms with Crippen molar-refractivity contribution in [2.75, 3.05) is 0 Å². The van der Waals surface area contributed by atoms with Gasteiger partial charge in [-0.2, -0.15) is 0 Å². The second-order valence-electron chi connectivity index (χ2n) is 4.58. The van der Waals surface area contributed by atoms with E-state index in [2.05, 4.69) is 28.1 Å². The van der Waals surface area contributed by atoms with E-state index in [1.54, 1.807) is 6.26 Å². The van der Waals surface area contributed by atoms with Gasteiger partial charge in [-0.25, -0.2) is 0 Å². The molecule has 0 saturated heterocycles. The summed E-state index contributed by atoms with van der Waals surface area (Å²) in [6.45, 7) is 4.06. The molecule has 0 aliphatic heterocycles. The Balaban J connectivity index is 2.42. The molecule has 1 aromatic carbocycles. The molecule has 2 nitrogen and oxygen atoms in total. The van der Waals surface area contributed by atoms with E-state index in [4.69, 9.17) is 10.2 Å². The molecule has 1 aromatic heterocycles. The molecule has 0 saturated carbocycles. The highest BCUT2D eigenvalue weighted by atomic mass is 79.9. The Kier molecular flexibility index (Phi) is 2.61. The normalized spacial score (nSPS) is 12.3. The van der Waals surface area contributed by atoms with E-state index >= 15 is 0 Å². The van der Waals surface area contributed by atoms with E-state index in [0.29, 0.717) is 0 Å². The molecule has 15 heavy (non-hydrogen) atoms. The first-order valence-electron chi connectivity index (χ1n) is 4.90. The summed E-state index contributed by atoms with van der Waals surface area (Å²) in [4.78, 5) is 0. The molecule has 3 heteroatoms. The monoisotopic (exact) mass is 267 g/mol. The van der Waals surface area contributed by atoms with Crippen molar-refractivity contribution in [3.63, 3.8) is 0 Å². The summed E-state index contributed by atoms with van der Waals surface area (Å²) in [5.74, 6) is 0. The Labute approximate surface area is 97.6 Å². The molecule has 0 bridgehead atoms. The van der Waals surface area contributed by atoms with Gasteiger partial charge in [-0.1, -0.05) is 6.07 Å². The minimum absolute atomic E-state index is 0.177. The Morgan fingerprint density at radius 1 is 1.40 bits per heavy atom. The summed E-state index contributed by atoms with van der Waals surface area (Å²) in [6.07, 6.45) is 2.57. The van der Waals surface area contributed by atoms with Crippen molar-refractivity contribution in [2.45, 2.75) is 25.8 Å². The lowest BCUT2D eigenvalue weighted by Gasteiger charge is -2.18. The Morgan fingerprint density at radius 2 is 2.13 bits per heavy atom. The smallest absolute Gasteiger partial charge is 0.135 e. The van der Waals surface area contributed by atoms with Crippen LogP contribution in [0.25, 0.3) is 11.0 Å². The first-order valence-corrected chi connectivity index (χ1v) is 5.69. The van der Waals surface area contributed by atoms with Crippen LogP contribution in [0.1, 0.15) is 19.4 Å². The maximum atomic E-state index is 5.99. The standard InChI is InChI=1S/C12H14BrNO/c1-12(2,14)6-8-3-4-11-9(5-8)10(13)7-15-11/h3-5,7H,6,14H2,1-2H3. The van der Waals surface area contributed by atoms with Crippen molar-refractivity contribution >= 4 is 26.9 Å². The number of fused-ring (bicyclic) bond motifs is 1. The van der Waals surface area contributed by atoms with Crippen LogP contribution >= 0.6 is 15.9 Å². The van der Waals surface area contributed by atoms with Crippen LogP contribution in [0, 0.1) is 0 Å². The lowest BCUT2D eigenvalue weighted by Crippen LogP contribution is -2.34. The highest BCUT2D eigenvalue weighted by Gasteiger charge is 2.12. The number of hydrogen-bond acceptors (Lipinski definition) is 2. The highest BCUT2D eigenvalue weighted by molar-refractivity contribution is 9.10. The van der Waals surface area contributed by atoms with Gasteiger partial charge in [-0.05, 0) is 53.9 Å². The zero-order valence-electron chi connectivity index (χ0n) is 8.88. The summed E-state index contributed by atoms with van der Waals surface area (Å²) < 4.78 is 6.35. The summed E-state index contributed by atoms with van der Waals surface area (Å²) in [6, 6.07) is 6.17. The van der Waals surface area contributed by atoms with Gasteiger partial charge in [0.15, 0.2) is 0 Å². The van der Waals surface area contributed by atoms with Crippen LogP contribution in [0.5, 0.6) is 0 Å². The van der Waals surface area contributed by atoms with E-state index in [1.807, 2.05) is 19.9 Å². The van der Waals surface area contributed by atoms with Crippen LogP contribution in [0.2, 0.25) is 0 Å². The molecule has 0 unspecified atom stereocenters. The SMILES string of the molecule is CC(C)(N)Cc1ccc2occ(Br)c2c1. The van der Waals surface area contributed by atoms with Gasteiger partial charge in [0.05, 0.1) is 4.47 Å². The molecule has 2 aromatic rings. The van der Waals surface area contributed by atoms with E-state index in [0.717, 1.165) is 21.9 Å². The number of hydrogen-bond donors (Lipinski definition) is 1. The number of nitrogens with two attached hydrogens (primary N) is 1. The summed E-state index contributed by atoms with van der Waals surface area (Å²) in [5.41, 5.74) is 7.95.